The van der Waals surface area contributed by atoms with Gasteiger partial charge in [-0.1, -0.05) is 146 Å². The molecule has 0 bridgehead atoms. The van der Waals surface area contributed by atoms with Crippen molar-refractivity contribution < 1.29 is 0 Å². The molecule has 0 unspecified atom stereocenters. The van der Waals surface area contributed by atoms with Gasteiger partial charge in [0.25, 0.3) is 0 Å². The van der Waals surface area contributed by atoms with Gasteiger partial charge < -0.3 is 4.90 Å². The molecule has 9 aromatic rings. The Morgan fingerprint density at radius 2 is 0.816 bits per heavy atom. The number of rotatable bonds is 5. The smallest absolute Gasteiger partial charge is 0.0474 e. The van der Waals surface area contributed by atoms with Gasteiger partial charge in [-0.15, -0.1) is 0 Å². The van der Waals surface area contributed by atoms with Crippen molar-refractivity contribution in [2.75, 3.05) is 4.90 Å². The molecule has 1 heteroatoms. The number of anilines is 3. The van der Waals surface area contributed by atoms with Gasteiger partial charge in [-0.05, 0) is 119 Å². The van der Waals surface area contributed by atoms with E-state index in [4.69, 9.17) is 0 Å². The summed E-state index contributed by atoms with van der Waals surface area (Å²) in [6, 6.07) is 68.9. The predicted molar refractivity (Wildman–Crippen MR) is 209 cm³/mol. The van der Waals surface area contributed by atoms with Crippen molar-refractivity contribution in [1.82, 2.24) is 0 Å². The van der Waals surface area contributed by atoms with E-state index < -0.39 is 0 Å². The Bertz CT molecular complexity index is 2650. The van der Waals surface area contributed by atoms with Crippen molar-refractivity contribution in [2.24, 2.45) is 0 Å². The van der Waals surface area contributed by atoms with Crippen LogP contribution in [0.4, 0.5) is 17.1 Å². The first-order valence-electron chi connectivity index (χ1n) is 16.9. The number of hydrogen-bond donors (Lipinski definition) is 0. The van der Waals surface area contributed by atoms with Gasteiger partial charge in [-0.3, -0.25) is 0 Å². The summed E-state index contributed by atoms with van der Waals surface area (Å²) in [5.41, 5.74) is 13.4. The molecule has 0 heterocycles. The molecular weight excluding hydrogens is 591 g/mol. The van der Waals surface area contributed by atoms with Gasteiger partial charge in [-0.2, -0.15) is 0 Å². The van der Waals surface area contributed by atoms with Crippen LogP contribution in [0.2, 0.25) is 0 Å². The van der Waals surface area contributed by atoms with Crippen LogP contribution in [0.5, 0.6) is 0 Å². The normalized spacial score (nSPS) is 11.7. The standard InChI is InChI=1S/C48H31N/c1-3-12-32(13-4-1)37-26-38(33-14-5-2-6-15-33)30-40(29-37)49(39-24-25-43-35(27-39)23-22-34-16-7-8-18-42(34)43)41-28-36-17-11-21-46-44-19-9-10-20-45(44)47(31-41)48(36)46/h1-31H. The SMILES string of the molecule is c1ccc(-c2cc(-c3ccccc3)cc(N(c3cc4c5c(cccc5c3)-c3ccccc3-4)c3ccc4c(ccc5ccccc54)c3)c2)cc1. The van der Waals surface area contributed by atoms with Crippen molar-refractivity contribution in [1.29, 1.82) is 0 Å². The molecule has 0 aliphatic heterocycles. The summed E-state index contributed by atoms with van der Waals surface area (Å²) in [6.45, 7) is 0. The molecule has 1 aliphatic carbocycles. The van der Waals surface area contributed by atoms with Crippen LogP contribution in [0.3, 0.4) is 0 Å². The van der Waals surface area contributed by atoms with E-state index in [0.29, 0.717) is 0 Å². The van der Waals surface area contributed by atoms with Crippen molar-refractivity contribution in [3.8, 4) is 44.5 Å². The average molecular weight is 622 g/mol. The molecule has 0 radical (unpaired) electrons. The summed E-state index contributed by atoms with van der Waals surface area (Å²) in [5, 5.41) is 7.61. The first-order chi connectivity index (χ1) is 24.3. The molecule has 9 aromatic carbocycles. The Kier molecular flexibility index (Phi) is 6.25. The second-order valence-electron chi connectivity index (χ2n) is 13.0. The number of nitrogens with zero attached hydrogens (tertiary/aromatic N) is 1. The van der Waals surface area contributed by atoms with Crippen molar-refractivity contribution >= 4 is 49.4 Å². The summed E-state index contributed by atoms with van der Waals surface area (Å²) in [5.74, 6) is 0. The molecule has 0 saturated carbocycles. The molecule has 228 valence electrons. The van der Waals surface area contributed by atoms with Crippen LogP contribution in [0.15, 0.2) is 188 Å². The van der Waals surface area contributed by atoms with Crippen LogP contribution in [0.25, 0.3) is 76.8 Å². The lowest BCUT2D eigenvalue weighted by atomic mass is 9.96. The molecule has 49 heavy (non-hydrogen) atoms. The van der Waals surface area contributed by atoms with E-state index in [2.05, 4.69) is 193 Å². The lowest BCUT2D eigenvalue weighted by molar-refractivity contribution is 1.30. The summed E-state index contributed by atoms with van der Waals surface area (Å²) in [6.07, 6.45) is 0. The molecule has 1 nitrogen and oxygen atoms in total. The fraction of sp³-hybridized carbons (Fsp3) is 0. The van der Waals surface area contributed by atoms with E-state index in [9.17, 15) is 0 Å². The molecule has 10 rings (SSSR count). The summed E-state index contributed by atoms with van der Waals surface area (Å²) in [4.78, 5) is 2.46. The Balaban J connectivity index is 1.26. The van der Waals surface area contributed by atoms with Gasteiger partial charge in [-0.25, -0.2) is 0 Å². The molecule has 1 aliphatic rings. The van der Waals surface area contributed by atoms with Crippen molar-refractivity contribution in [3.63, 3.8) is 0 Å². The second-order valence-corrected chi connectivity index (χ2v) is 13.0. The maximum atomic E-state index is 2.46. The Labute approximate surface area is 286 Å². The van der Waals surface area contributed by atoms with Gasteiger partial charge in [0, 0.05) is 17.1 Å². The van der Waals surface area contributed by atoms with E-state index in [1.807, 2.05) is 0 Å². The lowest BCUT2D eigenvalue weighted by Crippen LogP contribution is -2.10. The fourth-order valence-electron chi connectivity index (χ4n) is 7.85. The molecule has 0 spiro atoms. The summed E-state index contributed by atoms with van der Waals surface area (Å²) < 4.78 is 0. The highest BCUT2D eigenvalue weighted by molar-refractivity contribution is 6.17. The fourth-order valence-corrected chi connectivity index (χ4v) is 7.85. The van der Waals surface area contributed by atoms with Crippen LogP contribution in [-0.4, -0.2) is 0 Å². The molecule has 0 fully saturated rings. The van der Waals surface area contributed by atoms with E-state index >= 15 is 0 Å². The van der Waals surface area contributed by atoms with Gasteiger partial charge in [0.1, 0.15) is 0 Å². The van der Waals surface area contributed by atoms with Gasteiger partial charge in [0.2, 0.25) is 0 Å². The Hall–Kier alpha value is -6.44. The number of hydrogen-bond acceptors (Lipinski definition) is 1. The molecule has 0 N–H and O–H groups in total. The molecule has 0 aromatic heterocycles. The van der Waals surface area contributed by atoms with Crippen LogP contribution in [0, 0.1) is 0 Å². The third-order valence-electron chi connectivity index (χ3n) is 10.1. The molecule has 0 atom stereocenters. The lowest BCUT2D eigenvalue weighted by Gasteiger charge is -2.28. The zero-order chi connectivity index (χ0) is 32.3. The second kappa shape index (κ2) is 11.1. The van der Waals surface area contributed by atoms with Gasteiger partial charge >= 0.3 is 0 Å². The Morgan fingerprint density at radius 3 is 1.57 bits per heavy atom. The largest absolute Gasteiger partial charge is 0.310 e. The quantitative estimate of drug-likeness (QED) is 0.173. The third kappa shape index (κ3) is 4.55. The minimum atomic E-state index is 1.12. The average Bonchev–Trinajstić information content (AvgIpc) is 3.50. The molecule has 0 saturated heterocycles. The van der Waals surface area contributed by atoms with Crippen LogP contribution in [0.1, 0.15) is 0 Å². The van der Waals surface area contributed by atoms with Crippen LogP contribution < -0.4 is 4.90 Å². The van der Waals surface area contributed by atoms with Crippen molar-refractivity contribution in [2.45, 2.75) is 0 Å². The highest BCUT2D eigenvalue weighted by Crippen LogP contribution is 2.50. The zero-order valence-corrected chi connectivity index (χ0v) is 26.8. The number of fused-ring (bicyclic) bond motifs is 6. The maximum Gasteiger partial charge on any atom is 0.0474 e. The predicted octanol–water partition coefficient (Wildman–Crippen LogP) is 13.6. The highest BCUT2D eigenvalue weighted by Gasteiger charge is 2.24. The topological polar surface area (TPSA) is 3.24 Å². The van der Waals surface area contributed by atoms with Crippen molar-refractivity contribution in [3.05, 3.63) is 188 Å². The van der Waals surface area contributed by atoms with E-state index in [0.717, 1.165) is 17.1 Å². The van der Waals surface area contributed by atoms with E-state index in [1.54, 1.807) is 0 Å². The van der Waals surface area contributed by atoms with Gasteiger partial charge in [0.15, 0.2) is 0 Å². The van der Waals surface area contributed by atoms with Crippen LogP contribution in [-0.2, 0) is 0 Å². The van der Waals surface area contributed by atoms with E-state index in [-0.39, 0.29) is 0 Å². The molecule has 0 amide bonds. The van der Waals surface area contributed by atoms with Gasteiger partial charge in [0.05, 0.1) is 0 Å². The third-order valence-corrected chi connectivity index (χ3v) is 10.1. The minimum Gasteiger partial charge on any atom is -0.310 e. The first-order valence-corrected chi connectivity index (χ1v) is 16.9. The highest BCUT2D eigenvalue weighted by atomic mass is 15.1. The maximum absolute atomic E-state index is 2.46. The zero-order valence-electron chi connectivity index (χ0n) is 26.8. The number of benzene rings is 9. The van der Waals surface area contributed by atoms with E-state index in [1.165, 1.54) is 76.8 Å². The summed E-state index contributed by atoms with van der Waals surface area (Å²) in [7, 11) is 0. The monoisotopic (exact) mass is 621 g/mol. The first kappa shape index (κ1) is 27.7. The van der Waals surface area contributed by atoms with Crippen LogP contribution >= 0.6 is 0 Å². The minimum absolute atomic E-state index is 1.12. The Morgan fingerprint density at radius 1 is 0.265 bits per heavy atom. The summed E-state index contributed by atoms with van der Waals surface area (Å²) >= 11 is 0. The molecular formula is C48H31N.